The molecule has 2 N–H and O–H groups in total. The zero-order chi connectivity index (χ0) is 23.6. The van der Waals surface area contributed by atoms with Gasteiger partial charge in [-0.25, -0.2) is 4.79 Å². The molecule has 0 fully saturated rings. The molecule has 170 valence electrons. The minimum absolute atomic E-state index is 0.139. The molecular weight excluding hydrogens is 444 g/mol. The normalized spacial score (nSPS) is 10.2. The van der Waals surface area contributed by atoms with Crippen molar-refractivity contribution in [2.75, 3.05) is 11.9 Å². The van der Waals surface area contributed by atoms with Gasteiger partial charge < -0.3 is 20.1 Å². The van der Waals surface area contributed by atoms with E-state index in [0.29, 0.717) is 16.3 Å². The lowest BCUT2D eigenvalue weighted by Crippen LogP contribution is -2.24. The summed E-state index contributed by atoms with van der Waals surface area (Å²) in [6, 6.07) is 20.5. The van der Waals surface area contributed by atoms with Gasteiger partial charge in [0.1, 0.15) is 5.75 Å². The summed E-state index contributed by atoms with van der Waals surface area (Å²) in [5.74, 6) is -0.245. The van der Waals surface area contributed by atoms with Gasteiger partial charge in [0, 0.05) is 22.8 Å². The molecule has 7 nitrogen and oxygen atoms in total. The lowest BCUT2D eigenvalue weighted by atomic mass is 10.1. The number of hydrogen-bond acceptors (Lipinski definition) is 5. The third kappa shape index (κ3) is 7.08. The third-order valence-corrected chi connectivity index (χ3v) is 4.99. The van der Waals surface area contributed by atoms with Crippen molar-refractivity contribution in [3.63, 3.8) is 0 Å². The van der Waals surface area contributed by atoms with Crippen molar-refractivity contribution in [3.8, 4) is 5.75 Å². The summed E-state index contributed by atoms with van der Waals surface area (Å²) in [5.41, 5.74) is 2.48. The largest absolute Gasteiger partial charge is 0.513 e. The van der Waals surface area contributed by atoms with Crippen LogP contribution in [0, 0.1) is 0 Å². The molecule has 0 aliphatic heterocycles. The summed E-state index contributed by atoms with van der Waals surface area (Å²) >= 11 is 6.14. The number of nitrogens with one attached hydrogen (secondary N) is 2. The SMILES string of the molecule is CCOC(=O)Oc1ccc(C(=O)NCc2ccccc2NC(=O)Cc2ccccc2Cl)cc1. The van der Waals surface area contributed by atoms with Crippen LogP contribution in [-0.2, 0) is 22.5 Å². The zero-order valence-electron chi connectivity index (χ0n) is 18.0. The number of benzene rings is 3. The van der Waals surface area contributed by atoms with Crippen molar-refractivity contribution in [2.24, 2.45) is 0 Å². The molecule has 0 saturated heterocycles. The van der Waals surface area contributed by atoms with Gasteiger partial charge in [-0.3, -0.25) is 9.59 Å². The Morgan fingerprint density at radius 1 is 0.879 bits per heavy atom. The second-order valence-corrected chi connectivity index (χ2v) is 7.37. The van der Waals surface area contributed by atoms with Crippen LogP contribution in [0.2, 0.25) is 5.02 Å². The predicted octanol–water partition coefficient (Wildman–Crippen LogP) is 4.99. The lowest BCUT2D eigenvalue weighted by molar-refractivity contribution is -0.115. The molecule has 0 radical (unpaired) electrons. The van der Waals surface area contributed by atoms with Gasteiger partial charge in [0.15, 0.2) is 0 Å². The van der Waals surface area contributed by atoms with Crippen molar-refractivity contribution in [1.29, 1.82) is 0 Å². The molecule has 0 aliphatic rings. The molecule has 8 heteroatoms. The monoisotopic (exact) mass is 466 g/mol. The molecule has 0 spiro atoms. The van der Waals surface area contributed by atoms with Gasteiger partial charge in [0.2, 0.25) is 5.91 Å². The van der Waals surface area contributed by atoms with Crippen LogP contribution < -0.4 is 15.4 Å². The molecule has 0 bridgehead atoms. The van der Waals surface area contributed by atoms with Crippen molar-refractivity contribution < 1.29 is 23.9 Å². The van der Waals surface area contributed by atoms with Gasteiger partial charge in [-0.05, 0) is 54.4 Å². The Kier molecular flexibility index (Phi) is 8.43. The van der Waals surface area contributed by atoms with Crippen molar-refractivity contribution in [1.82, 2.24) is 5.32 Å². The van der Waals surface area contributed by atoms with Gasteiger partial charge in [0.05, 0.1) is 13.0 Å². The summed E-state index contributed by atoms with van der Waals surface area (Å²) in [4.78, 5) is 36.4. The maximum Gasteiger partial charge on any atom is 0.513 e. The van der Waals surface area contributed by atoms with Gasteiger partial charge in [-0.1, -0.05) is 48.0 Å². The summed E-state index contributed by atoms with van der Waals surface area (Å²) in [6.45, 7) is 2.10. The Bertz CT molecular complexity index is 1130. The van der Waals surface area contributed by atoms with Crippen LogP contribution in [0.4, 0.5) is 10.5 Å². The fourth-order valence-electron chi connectivity index (χ4n) is 3.00. The smallest absolute Gasteiger partial charge is 0.434 e. The van der Waals surface area contributed by atoms with E-state index >= 15 is 0 Å². The molecule has 3 aromatic carbocycles. The Morgan fingerprint density at radius 2 is 1.55 bits per heavy atom. The fourth-order valence-corrected chi connectivity index (χ4v) is 3.20. The van der Waals surface area contributed by atoms with E-state index in [1.165, 1.54) is 12.1 Å². The second-order valence-electron chi connectivity index (χ2n) is 6.97. The number of hydrogen-bond donors (Lipinski definition) is 2. The van der Waals surface area contributed by atoms with Crippen LogP contribution in [0.25, 0.3) is 0 Å². The van der Waals surface area contributed by atoms with Crippen molar-refractivity contribution >= 4 is 35.3 Å². The molecule has 0 heterocycles. The van der Waals surface area contributed by atoms with E-state index in [-0.39, 0.29) is 37.1 Å². The summed E-state index contributed by atoms with van der Waals surface area (Å²) < 4.78 is 9.69. The second kappa shape index (κ2) is 11.7. The average Bonchev–Trinajstić information content (AvgIpc) is 2.80. The molecule has 3 aromatic rings. The Labute approximate surface area is 196 Å². The quantitative estimate of drug-likeness (QED) is 0.360. The highest BCUT2D eigenvalue weighted by atomic mass is 35.5. The average molecular weight is 467 g/mol. The van der Waals surface area contributed by atoms with Crippen molar-refractivity contribution in [2.45, 2.75) is 19.9 Å². The molecule has 0 aromatic heterocycles. The highest BCUT2D eigenvalue weighted by Gasteiger charge is 2.12. The van der Waals surface area contributed by atoms with Crippen LogP contribution in [0.5, 0.6) is 5.75 Å². The first-order chi connectivity index (χ1) is 16.0. The molecule has 0 unspecified atom stereocenters. The van der Waals surface area contributed by atoms with Crippen LogP contribution in [0.3, 0.4) is 0 Å². The number of halogens is 1. The maximum absolute atomic E-state index is 12.5. The first kappa shape index (κ1) is 23.8. The minimum Gasteiger partial charge on any atom is -0.434 e. The van der Waals surface area contributed by atoms with E-state index in [2.05, 4.69) is 10.6 Å². The number of carbonyl (C=O) groups is 3. The number of para-hydroxylation sites is 1. The topological polar surface area (TPSA) is 93.7 Å². The minimum atomic E-state index is -0.803. The van der Waals surface area contributed by atoms with E-state index in [1.54, 1.807) is 43.3 Å². The first-order valence-electron chi connectivity index (χ1n) is 10.3. The highest BCUT2D eigenvalue weighted by Crippen LogP contribution is 2.19. The molecule has 0 saturated carbocycles. The number of ether oxygens (including phenoxy) is 2. The van der Waals surface area contributed by atoms with E-state index < -0.39 is 6.16 Å². The van der Waals surface area contributed by atoms with Crippen molar-refractivity contribution in [3.05, 3.63) is 94.5 Å². The Morgan fingerprint density at radius 3 is 2.24 bits per heavy atom. The summed E-state index contributed by atoms with van der Waals surface area (Å²) in [7, 11) is 0. The van der Waals surface area contributed by atoms with Gasteiger partial charge in [0.25, 0.3) is 5.91 Å². The number of rotatable bonds is 8. The number of amides is 2. The molecule has 0 atom stereocenters. The molecule has 3 rings (SSSR count). The van der Waals surface area contributed by atoms with E-state index in [9.17, 15) is 14.4 Å². The number of anilines is 1. The molecule has 0 aliphatic carbocycles. The predicted molar refractivity (Wildman–Crippen MR) is 125 cm³/mol. The van der Waals surface area contributed by atoms with Gasteiger partial charge in [-0.2, -0.15) is 0 Å². The zero-order valence-corrected chi connectivity index (χ0v) is 18.7. The van der Waals surface area contributed by atoms with E-state index in [1.807, 2.05) is 24.3 Å². The van der Waals surface area contributed by atoms with Crippen LogP contribution in [-0.4, -0.2) is 24.6 Å². The first-order valence-corrected chi connectivity index (χ1v) is 10.7. The van der Waals surface area contributed by atoms with Crippen LogP contribution in [0.1, 0.15) is 28.4 Å². The molecular formula is C25H23ClN2O5. The molecule has 33 heavy (non-hydrogen) atoms. The molecule has 2 amide bonds. The highest BCUT2D eigenvalue weighted by molar-refractivity contribution is 6.31. The Balaban J connectivity index is 1.58. The van der Waals surface area contributed by atoms with Gasteiger partial charge in [-0.15, -0.1) is 0 Å². The van der Waals surface area contributed by atoms with E-state index in [0.717, 1.165) is 11.1 Å². The van der Waals surface area contributed by atoms with Gasteiger partial charge >= 0.3 is 6.16 Å². The summed E-state index contributed by atoms with van der Waals surface area (Å²) in [6.07, 6.45) is -0.663. The van der Waals surface area contributed by atoms with Crippen LogP contribution >= 0.6 is 11.6 Å². The van der Waals surface area contributed by atoms with E-state index in [4.69, 9.17) is 21.1 Å². The summed E-state index contributed by atoms with van der Waals surface area (Å²) in [5, 5.41) is 6.24. The maximum atomic E-state index is 12.5. The Hall–Kier alpha value is -3.84. The lowest BCUT2D eigenvalue weighted by Gasteiger charge is -2.13. The van der Waals surface area contributed by atoms with Crippen LogP contribution in [0.15, 0.2) is 72.8 Å². The standard InChI is InChI=1S/C25H23ClN2O5/c1-2-32-25(31)33-20-13-11-17(12-14-20)24(30)27-16-19-8-4-6-10-22(19)28-23(29)15-18-7-3-5-9-21(18)26/h3-14H,2,15-16H2,1H3,(H,27,30)(H,28,29). The fraction of sp³-hybridized carbons (Fsp3) is 0.160. The third-order valence-electron chi connectivity index (χ3n) is 4.62. The number of carbonyl (C=O) groups excluding carboxylic acids is 3.